The number of alkyl carbamates (subject to hydrolysis) is 1. The first-order valence-corrected chi connectivity index (χ1v) is 25.7. The number of hydrogen-bond acceptors (Lipinski definition) is 22. The Balaban J connectivity index is 1.89. The van der Waals surface area contributed by atoms with Crippen LogP contribution in [0.3, 0.4) is 0 Å². The Labute approximate surface area is 448 Å². The number of amides is 5. The minimum absolute atomic E-state index is 0.0274. The SMILES string of the molecule is CC(=O)N[C@H]1[C@H](OCCCCCCNC(=O)CC[C@H](NC(=O)OC(C)(C)C)C(=O)NCCCCCCO[C@@H]2O[C@H](COC(C)=O)[C@H](OC(C)=O)[C@H](OC(C)=O)[C@H]2NC(C)=O)O[C@H](COC(C)=O)[C@H](OC(C)=O)[C@@H]1OC(C)=O. The Kier molecular flexibility index (Phi) is 30.0. The molecule has 5 amide bonds. The molecule has 27 nitrogen and oxygen atoms in total. The van der Waals surface area contributed by atoms with Gasteiger partial charge in [-0.1, -0.05) is 25.7 Å². The molecule has 0 bridgehead atoms. The molecule has 2 fully saturated rings. The third-order valence-electron chi connectivity index (χ3n) is 11.1. The molecule has 0 aromatic heterocycles. The number of unbranched alkanes of at least 4 members (excludes halogenated alkanes) is 6. The van der Waals surface area contributed by atoms with Crippen molar-refractivity contribution < 1.29 is 105 Å². The van der Waals surface area contributed by atoms with Crippen LogP contribution in [0.2, 0.25) is 0 Å². The number of rotatable bonds is 31. The van der Waals surface area contributed by atoms with Crippen LogP contribution in [0.5, 0.6) is 0 Å². The van der Waals surface area contributed by atoms with Gasteiger partial charge in [0.1, 0.15) is 49.1 Å². The van der Waals surface area contributed by atoms with Crippen LogP contribution in [0.1, 0.15) is 140 Å². The predicted molar refractivity (Wildman–Crippen MR) is 265 cm³/mol. The fourth-order valence-corrected chi connectivity index (χ4v) is 8.07. The molecule has 11 atom stereocenters. The van der Waals surface area contributed by atoms with Gasteiger partial charge >= 0.3 is 41.9 Å². The van der Waals surface area contributed by atoms with Crippen molar-refractivity contribution in [2.45, 2.75) is 213 Å². The Hall–Kier alpha value is -6.19. The lowest BCUT2D eigenvalue weighted by Gasteiger charge is -2.44. The second-order valence-corrected chi connectivity index (χ2v) is 19.4. The van der Waals surface area contributed by atoms with E-state index in [1.54, 1.807) is 20.8 Å². The van der Waals surface area contributed by atoms with Gasteiger partial charge in [0.25, 0.3) is 0 Å². The summed E-state index contributed by atoms with van der Waals surface area (Å²) in [5.41, 5.74) is -0.854. The molecule has 0 unspecified atom stereocenters. The molecule has 2 rings (SSSR count). The molecule has 0 spiro atoms. The largest absolute Gasteiger partial charge is 0.463 e. The van der Waals surface area contributed by atoms with Gasteiger partial charge in [0.2, 0.25) is 23.6 Å². The number of hydrogen-bond donors (Lipinski definition) is 5. The van der Waals surface area contributed by atoms with Crippen molar-refractivity contribution >= 4 is 65.5 Å². The molecule has 2 saturated heterocycles. The second kappa shape index (κ2) is 34.6. The number of esters is 6. The number of carbonyl (C=O) groups is 11. The van der Waals surface area contributed by atoms with Gasteiger partial charge in [-0.2, -0.15) is 0 Å². The highest BCUT2D eigenvalue weighted by atomic mass is 16.7. The molecular formula is C50H81N5O22. The van der Waals surface area contributed by atoms with E-state index in [0.29, 0.717) is 57.9 Å². The highest BCUT2D eigenvalue weighted by Gasteiger charge is 2.53. The summed E-state index contributed by atoms with van der Waals surface area (Å²) >= 11 is 0. The van der Waals surface area contributed by atoms with Crippen LogP contribution >= 0.6 is 0 Å². The lowest BCUT2D eigenvalue weighted by molar-refractivity contribution is -0.277. The number of nitrogens with one attached hydrogen (secondary N) is 5. The molecule has 27 heteroatoms. The average molecular weight is 1100 g/mol. The van der Waals surface area contributed by atoms with Crippen LogP contribution < -0.4 is 26.6 Å². The normalized spacial score (nSPS) is 23.3. The van der Waals surface area contributed by atoms with Crippen LogP contribution in [0, 0.1) is 0 Å². The summed E-state index contributed by atoms with van der Waals surface area (Å²) in [4.78, 5) is 135. The molecule has 0 radical (unpaired) electrons. The van der Waals surface area contributed by atoms with Crippen molar-refractivity contribution in [3.05, 3.63) is 0 Å². The Morgan fingerprint density at radius 1 is 0.494 bits per heavy atom. The van der Waals surface area contributed by atoms with E-state index in [-0.39, 0.29) is 51.7 Å². The maximum Gasteiger partial charge on any atom is 0.408 e. The Morgan fingerprint density at radius 3 is 1.26 bits per heavy atom. The molecule has 2 aliphatic rings. The second-order valence-electron chi connectivity index (χ2n) is 19.4. The molecule has 5 N–H and O–H groups in total. The van der Waals surface area contributed by atoms with E-state index in [0.717, 1.165) is 27.7 Å². The first-order chi connectivity index (χ1) is 36.2. The molecule has 0 aliphatic carbocycles. The van der Waals surface area contributed by atoms with Crippen molar-refractivity contribution in [1.29, 1.82) is 0 Å². The molecule has 2 heterocycles. The summed E-state index contributed by atoms with van der Waals surface area (Å²) in [5, 5.41) is 13.5. The van der Waals surface area contributed by atoms with E-state index < -0.39 is 133 Å². The van der Waals surface area contributed by atoms with Gasteiger partial charge in [0, 0.05) is 88.1 Å². The third-order valence-corrected chi connectivity index (χ3v) is 11.1. The predicted octanol–water partition coefficient (Wildman–Crippen LogP) is 1.36. The van der Waals surface area contributed by atoms with Crippen molar-refractivity contribution in [1.82, 2.24) is 26.6 Å². The van der Waals surface area contributed by atoms with E-state index in [2.05, 4.69) is 26.6 Å². The first kappa shape index (κ1) is 66.9. The summed E-state index contributed by atoms with van der Waals surface area (Å²) in [5.74, 6) is -6.06. The number of ether oxygens (including phenoxy) is 11. The maximum atomic E-state index is 13.3. The smallest absolute Gasteiger partial charge is 0.408 e. The summed E-state index contributed by atoms with van der Waals surface area (Å²) in [6, 6.07) is -3.28. The van der Waals surface area contributed by atoms with Gasteiger partial charge in [-0.3, -0.25) is 47.9 Å². The fraction of sp³-hybridized carbons (Fsp3) is 0.780. The lowest BCUT2D eigenvalue weighted by Crippen LogP contribution is -2.66. The minimum atomic E-state index is -1.25. The summed E-state index contributed by atoms with van der Waals surface area (Å²) in [6.07, 6.45) is -5.81. The van der Waals surface area contributed by atoms with Gasteiger partial charge in [-0.05, 0) is 52.9 Å². The molecule has 0 aromatic rings. The average Bonchev–Trinajstić information content (AvgIpc) is 3.30. The van der Waals surface area contributed by atoms with Crippen LogP contribution in [-0.2, 0) is 100 Å². The van der Waals surface area contributed by atoms with E-state index in [1.807, 2.05) is 0 Å². The highest BCUT2D eigenvalue weighted by molar-refractivity contribution is 5.86. The van der Waals surface area contributed by atoms with Crippen molar-refractivity contribution in [3.8, 4) is 0 Å². The standard InChI is InChI=1S/C50H81N5O22/c1-28(56)53-40-44(73-34(7)62)42(71-32(5)60)37(26-69-30(3)58)75-47(40)67-24-18-14-12-16-22-51-39(64)21-20-36(55-49(66)77-50(9,10)11)46(65)52-23-17-13-15-19-25-68-48-41(54-29(2)57)45(74-35(8)63)43(72-33(6)61)38(76-48)27-70-31(4)59/h36-38,40-45,47-48H,12-27H2,1-11H3,(H,51,64)(H,52,65)(H,53,56)(H,54,57)(H,55,66)/t36-,37+,38+,40+,41+,42-,43-,44+,45+,47+,48+/m0/s1. The lowest BCUT2D eigenvalue weighted by atomic mass is 9.96. The third kappa shape index (κ3) is 27.6. The van der Waals surface area contributed by atoms with Crippen molar-refractivity contribution in [2.75, 3.05) is 39.5 Å². The van der Waals surface area contributed by atoms with Gasteiger partial charge < -0.3 is 78.7 Å². The maximum absolute atomic E-state index is 13.3. The molecule has 2 aliphatic heterocycles. The van der Waals surface area contributed by atoms with E-state index in [9.17, 15) is 52.7 Å². The zero-order chi connectivity index (χ0) is 57.8. The van der Waals surface area contributed by atoms with Crippen LogP contribution in [0.4, 0.5) is 4.79 Å². The highest BCUT2D eigenvalue weighted by Crippen LogP contribution is 2.30. The first-order valence-electron chi connectivity index (χ1n) is 25.7. The summed E-state index contributed by atoms with van der Waals surface area (Å²) in [7, 11) is 0. The van der Waals surface area contributed by atoms with Gasteiger partial charge in [0.15, 0.2) is 37.0 Å². The summed E-state index contributed by atoms with van der Waals surface area (Å²) in [6.45, 7) is 14.5. The van der Waals surface area contributed by atoms with Gasteiger partial charge in [0.05, 0.1) is 0 Å². The Morgan fingerprint density at radius 2 is 0.883 bits per heavy atom. The molecule has 77 heavy (non-hydrogen) atoms. The molecular weight excluding hydrogens is 1020 g/mol. The fourth-order valence-electron chi connectivity index (χ4n) is 8.07. The van der Waals surface area contributed by atoms with Gasteiger partial charge in [-0.15, -0.1) is 0 Å². The Bertz CT molecular complexity index is 1980. The van der Waals surface area contributed by atoms with E-state index in [4.69, 9.17) is 52.1 Å². The van der Waals surface area contributed by atoms with Crippen LogP contribution in [0.15, 0.2) is 0 Å². The van der Waals surface area contributed by atoms with Gasteiger partial charge in [-0.25, -0.2) is 4.79 Å². The zero-order valence-electron chi connectivity index (χ0n) is 46.1. The minimum Gasteiger partial charge on any atom is -0.463 e. The quantitative estimate of drug-likeness (QED) is 0.0372. The van der Waals surface area contributed by atoms with Crippen molar-refractivity contribution in [2.24, 2.45) is 0 Å². The zero-order valence-corrected chi connectivity index (χ0v) is 46.1. The van der Waals surface area contributed by atoms with Crippen LogP contribution in [0.25, 0.3) is 0 Å². The monoisotopic (exact) mass is 1100 g/mol. The molecule has 438 valence electrons. The topological polar surface area (TPSA) is 349 Å². The molecule has 0 aromatic carbocycles. The van der Waals surface area contributed by atoms with Crippen LogP contribution in [-0.4, -0.2) is 178 Å². The molecule has 0 saturated carbocycles. The number of carbonyl (C=O) groups excluding carboxylic acids is 11. The van der Waals surface area contributed by atoms with Crippen molar-refractivity contribution in [3.63, 3.8) is 0 Å². The van der Waals surface area contributed by atoms with E-state index in [1.165, 1.54) is 27.7 Å². The van der Waals surface area contributed by atoms with E-state index >= 15 is 0 Å². The summed E-state index contributed by atoms with van der Waals surface area (Å²) < 4.78 is 61.4.